The standard InChI is InChI=1S/C37H43N11O3/c1-5-47-32-26(24(3)43-47)13-7-6-10-20-48-31(21-23(2)44(48)4)34(50)41-36-39-27-14-8-9-15-29(27)45(36)18-11-12-19-46-30-17-16-25(33(38)49)22-28(30)40-37(46)42-35(32)51/h8-9,14-17,21-22H,5-7,10-13,18-20H2,1-4H3,(H3-,38,39,40,41,42,49,50,51)/p+1. The molecule has 0 saturated carbocycles. The van der Waals surface area contributed by atoms with Crippen LogP contribution in [0, 0.1) is 13.8 Å². The molecule has 3 amide bonds. The van der Waals surface area contributed by atoms with Gasteiger partial charge in [0.15, 0.2) is 6.54 Å². The fraction of sp³-hybridized carbons (Fsp3) is 0.378. The highest BCUT2D eigenvalue weighted by molar-refractivity contribution is 6.05. The zero-order valence-corrected chi connectivity index (χ0v) is 29.6. The van der Waals surface area contributed by atoms with Gasteiger partial charge >= 0.3 is 5.91 Å². The average Bonchev–Trinajstić information content (AvgIpc) is 3.82. The second-order valence-corrected chi connectivity index (χ2v) is 13.2. The summed E-state index contributed by atoms with van der Waals surface area (Å²) >= 11 is 0. The van der Waals surface area contributed by atoms with E-state index in [0.29, 0.717) is 67.0 Å². The lowest BCUT2D eigenvalue weighted by molar-refractivity contribution is -0.775. The molecule has 14 nitrogen and oxygen atoms in total. The minimum atomic E-state index is -0.545. The van der Waals surface area contributed by atoms with E-state index in [4.69, 9.17) is 20.8 Å². The molecule has 0 aliphatic carbocycles. The predicted octanol–water partition coefficient (Wildman–Crippen LogP) is 4.66. The van der Waals surface area contributed by atoms with Crippen molar-refractivity contribution in [2.45, 2.75) is 85.5 Å². The predicted molar refractivity (Wildman–Crippen MR) is 194 cm³/mol. The fourth-order valence-electron chi connectivity index (χ4n) is 7.18. The summed E-state index contributed by atoms with van der Waals surface area (Å²) in [6, 6.07) is 14.9. The van der Waals surface area contributed by atoms with E-state index in [-0.39, 0.29) is 11.8 Å². The van der Waals surface area contributed by atoms with Gasteiger partial charge in [0.05, 0.1) is 40.5 Å². The van der Waals surface area contributed by atoms with Crippen molar-refractivity contribution < 1.29 is 19.1 Å². The Morgan fingerprint density at radius 2 is 1.55 bits per heavy atom. The van der Waals surface area contributed by atoms with Crippen LogP contribution in [0.5, 0.6) is 0 Å². The van der Waals surface area contributed by atoms with Gasteiger partial charge in [-0.3, -0.25) is 29.7 Å². The van der Waals surface area contributed by atoms with Crippen LogP contribution in [0.4, 0.5) is 11.9 Å². The van der Waals surface area contributed by atoms with Gasteiger partial charge in [0.2, 0.25) is 17.8 Å². The summed E-state index contributed by atoms with van der Waals surface area (Å²) in [5, 5.41) is 10.9. The molecule has 0 unspecified atom stereocenters. The van der Waals surface area contributed by atoms with E-state index < -0.39 is 5.91 Å². The normalized spacial score (nSPS) is 15.0. The molecule has 264 valence electrons. The first-order valence-electron chi connectivity index (χ1n) is 17.6. The molecule has 4 N–H and O–H groups in total. The van der Waals surface area contributed by atoms with Crippen molar-refractivity contribution in [3.8, 4) is 0 Å². The number of aryl methyl sites for hydroxylation is 5. The number of benzene rings is 2. The van der Waals surface area contributed by atoms with Crippen LogP contribution in [-0.2, 0) is 39.6 Å². The molecule has 0 bridgehead atoms. The maximum atomic E-state index is 14.1. The summed E-state index contributed by atoms with van der Waals surface area (Å²) in [6.07, 6.45) is 4.74. The van der Waals surface area contributed by atoms with Gasteiger partial charge < -0.3 is 14.9 Å². The average molecular weight is 691 g/mol. The second-order valence-electron chi connectivity index (χ2n) is 13.2. The number of imidazole rings is 2. The Morgan fingerprint density at radius 3 is 2.27 bits per heavy atom. The van der Waals surface area contributed by atoms with E-state index in [2.05, 4.69) is 15.2 Å². The lowest BCUT2D eigenvalue weighted by atomic mass is 10.0. The number of nitrogens with two attached hydrogens (primary N) is 1. The SMILES string of the molecule is CCn1nc(C)c2c1C(=O)Nc1nc3cc(C(N)=O)ccc3n1CCCCn1c(nc3ccccc31)NC(=O)c1cc(C)n(C)[n+]1CCCCC2. The van der Waals surface area contributed by atoms with Gasteiger partial charge in [-0.2, -0.15) is 9.78 Å². The first-order valence-corrected chi connectivity index (χ1v) is 17.6. The number of nitrogens with one attached hydrogen (secondary N) is 2. The number of amides is 3. The molecule has 51 heavy (non-hydrogen) atoms. The van der Waals surface area contributed by atoms with Gasteiger partial charge in [0.1, 0.15) is 5.69 Å². The largest absolute Gasteiger partial charge is 0.366 e. The van der Waals surface area contributed by atoms with E-state index in [1.54, 1.807) is 16.8 Å². The van der Waals surface area contributed by atoms with Crippen LogP contribution in [0.15, 0.2) is 48.5 Å². The van der Waals surface area contributed by atoms with E-state index in [0.717, 1.165) is 65.6 Å². The molecule has 2 aromatic carbocycles. The number of hydrogen-bond acceptors (Lipinski definition) is 6. The van der Waals surface area contributed by atoms with Crippen molar-refractivity contribution in [2.24, 2.45) is 12.8 Å². The molecule has 1 aliphatic rings. The molecule has 1 aliphatic heterocycles. The van der Waals surface area contributed by atoms with E-state index in [1.807, 2.05) is 78.1 Å². The highest BCUT2D eigenvalue weighted by atomic mass is 16.2. The topological polar surface area (TPSA) is 164 Å². The lowest BCUT2D eigenvalue weighted by Gasteiger charge is -2.13. The van der Waals surface area contributed by atoms with Crippen LogP contribution in [0.3, 0.4) is 0 Å². The minimum absolute atomic E-state index is 0.206. The second kappa shape index (κ2) is 13.8. The van der Waals surface area contributed by atoms with E-state index >= 15 is 0 Å². The number of nitrogens with zero attached hydrogens (tertiary/aromatic N) is 8. The number of anilines is 2. The number of hydrogen-bond donors (Lipinski definition) is 3. The third kappa shape index (κ3) is 6.37. The summed E-state index contributed by atoms with van der Waals surface area (Å²) in [6.45, 7) is 8.27. The number of fused-ring (bicyclic) bond motifs is 8. The summed E-state index contributed by atoms with van der Waals surface area (Å²) in [7, 11) is 1.97. The van der Waals surface area contributed by atoms with Crippen LogP contribution in [-0.4, -0.2) is 51.3 Å². The Bertz CT molecular complexity index is 2310. The molecule has 0 atom stereocenters. The van der Waals surface area contributed by atoms with Crippen molar-refractivity contribution in [3.05, 3.63) is 82.4 Å². The smallest absolute Gasteiger partial charge is 0.325 e. The molecule has 6 aromatic rings. The summed E-state index contributed by atoms with van der Waals surface area (Å²) in [4.78, 5) is 49.6. The Kier molecular flexibility index (Phi) is 9.15. The number of para-hydroxylation sites is 2. The Morgan fingerprint density at radius 1 is 0.863 bits per heavy atom. The number of rotatable bonds is 2. The highest BCUT2D eigenvalue weighted by Gasteiger charge is 2.28. The third-order valence-electron chi connectivity index (χ3n) is 9.94. The van der Waals surface area contributed by atoms with Crippen LogP contribution in [0.25, 0.3) is 22.1 Å². The van der Waals surface area contributed by atoms with Gasteiger partial charge in [-0.15, -0.1) is 4.68 Å². The van der Waals surface area contributed by atoms with Crippen LogP contribution in [0.2, 0.25) is 0 Å². The molecule has 5 heterocycles. The maximum absolute atomic E-state index is 14.1. The first kappa shape index (κ1) is 33.7. The van der Waals surface area contributed by atoms with Gasteiger partial charge in [-0.25, -0.2) is 9.97 Å². The molecule has 0 spiro atoms. The van der Waals surface area contributed by atoms with Crippen molar-refractivity contribution in [2.75, 3.05) is 10.6 Å². The number of carbonyl (C=O) groups excluding carboxylic acids is 3. The summed E-state index contributed by atoms with van der Waals surface area (Å²) < 4.78 is 9.84. The Balaban J connectivity index is 1.27. The van der Waals surface area contributed by atoms with Crippen molar-refractivity contribution in [3.63, 3.8) is 0 Å². The molecule has 14 heteroatoms. The summed E-state index contributed by atoms with van der Waals surface area (Å²) in [5.41, 5.74) is 12.9. The lowest BCUT2D eigenvalue weighted by Crippen LogP contribution is -2.47. The van der Waals surface area contributed by atoms with Crippen molar-refractivity contribution in [1.82, 2.24) is 33.6 Å². The molecule has 4 aromatic heterocycles. The summed E-state index contributed by atoms with van der Waals surface area (Å²) in [5.74, 6) is -0.137. The van der Waals surface area contributed by atoms with Crippen molar-refractivity contribution >= 4 is 51.7 Å². The van der Waals surface area contributed by atoms with Gasteiger partial charge in [-0.05, 0) is 83.2 Å². The molecular weight excluding hydrogens is 646 g/mol. The van der Waals surface area contributed by atoms with Crippen LogP contribution in [0.1, 0.15) is 87.3 Å². The van der Waals surface area contributed by atoms with Gasteiger partial charge in [-0.1, -0.05) is 12.1 Å². The molecule has 7 rings (SSSR count). The molecule has 0 radical (unpaired) electrons. The number of aromatic nitrogens is 8. The molecule has 0 saturated heterocycles. The number of carbonyl (C=O) groups is 3. The van der Waals surface area contributed by atoms with E-state index in [9.17, 15) is 14.4 Å². The number of primary amides is 1. The highest BCUT2D eigenvalue weighted by Crippen LogP contribution is 2.26. The Hall–Kier alpha value is -5.79. The quantitative estimate of drug-likeness (QED) is 0.224. The van der Waals surface area contributed by atoms with Gasteiger partial charge in [0, 0.05) is 43.2 Å². The first-order chi connectivity index (χ1) is 24.6. The zero-order chi connectivity index (χ0) is 35.8. The minimum Gasteiger partial charge on any atom is -0.366 e. The fourth-order valence-corrected chi connectivity index (χ4v) is 7.18. The zero-order valence-electron chi connectivity index (χ0n) is 29.6. The molecule has 0 fully saturated rings. The van der Waals surface area contributed by atoms with Gasteiger partial charge in [0.25, 0.3) is 11.6 Å². The van der Waals surface area contributed by atoms with Crippen LogP contribution >= 0.6 is 0 Å². The van der Waals surface area contributed by atoms with Crippen molar-refractivity contribution in [1.29, 1.82) is 0 Å². The van der Waals surface area contributed by atoms with E-state index in [1.165, 1.54) is 0 Å². The van der Waals surface area contributed by atoms with Crippen LogP contribution < -0.4 is 21.0 Å². The third-order valence-corrected chi connectivity index (χ3v) is 9.94. The monoisotopic (exact) mass is 690 g/mol. The maximum Gasteiger partial charge on any atom is 0.325 e. The Labute approximate surface area is 295 Å². The molecular formula is C37H44N11O3+.